The second-order valence-electron chi connectivity index (χ2n) is 3.82. The molecule has 0 aliphatic rings. The smallest absolute Gasteiger partial charge is 0.232 e. The summed E-state index contributed by atoms with van der Waals surface area (Å²) in [5.74, 6) is 0. The van der Waals surface area contributed by atoms with Gasteiger partial charge in [0.2, 0.25) is 0 Å². The molecule has 0 N–H and O–H groups in total. The highest BCUT2D eigenvalue weighted by Crippen LogP contribution is 2.26. The molecule has 0 amide bonds. The molecule has 1 aromatic heterocycles. The monoisotopic (exact) mass is 336 g/mol. The van der Waals surface area contributed by atoms with Gasteiger partial charge in [0.25, 0.3) is 10.0 Å². The van der Waals surface area contributed by atoms with Crippen molar-refractivity contribution in [3.8, 4) is 0 Å². The van der Waals surface area contributed by atoms with Crippen LogP contribution in [0.5, 0.6) is 0 Å². The van der Waals surface area contributed by atoms with Crippen molar-refractivity contribution < 1.29 is 8.42 Å². The van der Waals surface area contributed by atoms with Gasteiger partial charge in [0.05, 0.1) is 6.20 Å². The van der Waals surface area contributed by atoms with Gasteiger partial charge in [-0.25, -0.2) is 13.4 Å². The maximum absolute atomic E-state index is 12.2. The Morgan fingerprint density at radius 1 is 1.37 bits per heavy atom. The van der Waals surface area contributed by atoms with Crippen molar-refractivity contribution in [3.63, 3.8) is 0 Å². The Morgan fingerprint density at radius 2 is 2.11 bits per heavy atom. The minimum atomic E-state index is -3.57. The SMILES string of the molecule is CN(Cc1cccc(Cl)c1)S(=O)(=O)c1cnc(Cl)s1. The lowest BCUT2D eigenvalue weighted by atomic mass is 10.2. The number of thiazole rings is 1. The maximum Gasteiger partial charge on any atom is 0.254 e. The zero-order chi connectivity index (χ0) is 14.0. The second kappa shape index (κ2) is 5.76. The lowest BCUT2D eigenvalue weighted by molar-refractivity contribution is 0.468. The molecule has 0 spiro atoms. The minimum Gasteiger partial charge on any atom is -0.232 e. The number of sulfonamides is 1. The van der Waals surface area contributed by atoms with E-state index in [1.54, 1.807) is 18.2 Å². The van der Waals surface area contributed by atoms with Gasteiger partial charge in [-0.05, 0) is 17.7 Å². The lowest BCUT2D eigenvalue weighted by Crippen LogP contribution is -2.25. The van der Waals surface area contributed by atoms with E-state index in [4.69, 9.17) is 23.2 Å². The predicted molar refractivity (Wildman–Crippen MR) is 77.2 cm³/mol. The van der Waals surface area contributed by atoms with Gasteiger partial charge < -0.3 is 0 Å². The Kier molecular flexibility index (Phi) is 4.47. The number of nitrogens with zero attached hydrogens (tertiary/aromatic N) is 2. The fourth-order valence-corrected chi connectivity index (χ4v) is 4.37. The fraction of sp³-hybridized carbons (Fsp3) is 0.182. The van der Waals surface area contributed by atoms with E-state index >= 15 is 0 Å². The highest BCUT2D eigenvalue weighted by atomic mass is 35.5. The fourth-order valence-electron chi connectivity index (χ4n) is 1.49. The molecule has 0 fully saturated rings. The summed E-state index contributed by atoms with van der Waals surface area (Å²) in [6.45, 7) is 0.235. The average molecular weight is 337 g/mol. The molecule has 19 heavy (non-hydrogen) atoms. The van der Waals surface area contributed by atoms with Crippen LogP contribution in [0.3, 0.4) is 0 Å². The maximum atomic E-state index is 12.2. The van der Waals surface area contributed by atoms with Crippen molar-refractivity contribution >= 4 is 44.6 Å². The Balaban J connectivity index is 2.22. The molecule has 0 radical (unpaired) electrons. The van der Waals surface area contributed by atoms with Crippen LogP contribution in [0.4, 0.5) is 0 Å². The lowest BCUT2D eigenvalue weighted by Gasteiger charge is -2.15. The predicted octanol–water partition coefficient (Wildman–Crippen LogP) is 3.27. The number of benzene rings is 1. The molecule has 0 bridgehead atoms. The van der Waals surface area contributed by atoms with Crippen molar-refractivity contribution in [1.29, 1.82) is 0 Å². The van der Waals surface area contributed by atoms with Crippen LogP contribution in [0.1, 0.15) is 5.56 Å². The standard InChI is InChI=1S/C11H10Cl2N2O2S2/c1-15(7-8-3-2-4-9(12)5-8)19(16,17)10-6-14-11(13)18-10/h2-6H,7H2,1H3. The summed E-state index contributed by atoms with van der Waals surface area (Å²) in [5, 5.41) is 0.573. The van der Waals surface area contributed by atoms with Crippen LogP contribution < -0.4 is 0 Å². The number of aromatic nitrogens is 1. The Bertz CT molecular complexity index is 686. The van der Waals surface area contributed by atoms with Gasteiger partial charge in [0.1, 0.15) is 0 Å². The molecule has 102 valence electrons. The number of hydrogen-bond donors (Lipinski definition) is 0. The topological polar surface area (TPSA) is 50.3 Å². The average Bonchev–Trinajstić information content (AvgIpc) is 2.76. The highest BCUT2D eigenvalue weighted by molar-refractivity contribution is 7.91. The second-order valence-corrected chi connectivity index (χ2v) is 8.14. The third-order valence-electron chi connectivity index (χ3n) is 2.42. The van der Waals surface area contributed by atoms with Gasteiger partial charge in [0.15, 0.2) is 8.68 Å². The molecule has 0 saturated carbocycles. The molecule has 1 heterocycles. The van der Waals surface area contributed by atoms with Crippen molar-refractivity contribution in [1.82, 2.24) is 9.29 Å². The first-order valence-electron chi connectivity index (χ1n) is 5.22. The molecule has 8 heteroatoms. The van der Waals surface area contributed by atoms with Crippen molar-refractivity contribution in [3.05, 3.63) is 45.5 Å². The van der Waals surface area contributed by atoms with Crippen molar-refractivity contribution in [2.24, 2.45) is 0 Å². The molecule has 1 aromatic carbocycles. The molecule has 0 saturated heterocycles. The van der Waals surface area contributed by atoms with Gasteiger partial charge >= 0.3 is 0 Å². The zero-order valence-corrected chi connectivity index (χ0v) is 13.0. The van der Waals surface area contributed by atoms with Crippen LogP contribution in [0, 0.1) is 0 Å². The Morgan fingerprint density at radius 3 is 2.68 bits per heavy atom. The quantitative estimate of drug-likeness (QED) is 0.860. The first-order chi connectivity index (χ1) is 8.89. The summed E-state index contributed by atoms with van der Waals surface area (Å²) >= 11 is 12.5. The van der Waals surface area contributed by atoms with Crippen LogP contribution in [0.15, 0.2) is 34.7 Å². The third kappa shape index (κ3) is 3.46. The molecule has 0 aliphatic heterocycles. The van der Waals surface area contributed by atoms with Crippen LogP contribution in [-0.4, -0.2) is 24.8 Å². The van der Waals surface area contributed by atoms with E-state index in [-0.39, 0.29) is 15.2 Å². The van der Waals surface area contributed by atoms with Crippen LogP contribution in [-0.2, 0) is 16.6 Å². The van der Waals surface area contributed by atoms with E-state index < -0.39 is 10.0 Å². The molecule has 0 aliphatic carbocycles. The Hall–Kier alpha value is -0.660. The minimum absolute atomic E-state index is 0.127. The molecule has 0 unspecified atom stereocenters. The largest absolute Gasteiger partial charge is 0.254 e. The summed E-state index contributed by atoms with van der Waals surface area (Å²) in [7, 11) is -2.06. The zero-order valence-electron chi connectivity index (χ0n) is 9.88. The van der Waals surface area contributed by atoms with E-state index in [0.29, 0.717) is 5.02 Å². The number of rotatable bonds is 4. The van der Waals surface area contributed by atoms with Crippen LogP contribution >= 0.6 is 34.5 Å². The summed E-state index contributed by atoms with van der Waals surface area (Å²) in [4.78, 5) is 3.74. The number of halogens is 2. The van der Waals surface area contributed by atoms with Gasteiger partial charge in [-0.2, -0.15) is 4.31 Å². The van der Waals surface area contributed by atoms with Crippen LogP contribution in [0.2, 0.25) is 9.49 Å². The van der Waals surface area contributed by atoms with E-state index in [0.717, 1.165) is 16.9 Å². The first-order valence-corrected chi connectivity index (χ1v) is 8.23. The van der Waals surface area contributed by atoms with Gasteiger partial charge in [-0.3, -0.25) is 0 Å². The normalized spacial score (nSPS) is 12.0. The first kappa shape index (κ1) is 14.7. The molecular weight excluding hydrogens is 327 g/mol. The van der Waals surface area contributed by atoms with E-state index in [1.807, 2.05) is 6.07 Å². The summed E-state index contributed by atoms with van der Waals surface area (Å²) in [5.41, 5.74) is 0.814. The van der Waals surface area contributed by atoms with Crippen molar-refractivity contribution in [2.75, 3.05) is 7.05 Å². The van der Waals surface area contributed by atoms with Gasteiger partial charge in [-0.1, -0.05) is 46.7 Å². The van der Waals surface area contributed by atoms with E-state index in [2.05, 4.69) is 4.98 Å². The highest BCUT2D eigenvalue weighted by Gasteiger charge is 2.23. The molecular formula is C11H10Cl2N2O2S2. The molecule has 4 nitrogen and oxygen atoms in total. The van der Waals surface area contributed by atoms with Gasteiger partial charge in [-0.15, -0.1) is 0 Å². The summed E-state index contributed by atoms with van der Waals surface area (Å²) in [6.07, 6.45) is 1.26. The van der Waals surface area contributed by atoms with E-state index in [9.17, 15) is 8.42 Å². The van der Waals surface area contributed by atoms with E-state index in [1.165, 1.54) is 17.5 Å². The Labute approximate surface area is 125 Å². The van der Waals surface area contributed by atoms with Crippen molar-refractivity contribution in [2.45, 2.75) is 10.8 Å². The van der Waals surface area contributed by atoms with Gasteiger partial charge in [0, 0.05) is 18.6 Å². The molecule has 2 rings (SSSR count). The summed E-state index contributed by atoms with van der Waals surface area (Å²) in [6, 6.07) is 7.06. The summed E-state index contributed by atoms with van der Waals surface area (Å²) < 4.78 is 26.0. The third-order valence-corrected chi connectivity index (χ3v) is 6.01. The molecule has 2 aromatic rings. The van der Waals surface area contributed by atoms with Crippen LogP contribution in [0.25, 0.3) is 0 Å². The number of hydrogen-bond acceptors (Lipinski definition) is 4. The molecule has 0 atom stereocenters.